The van der Waals surface area contributed by atoms with Gasteiger partial charge in [-0.3, -0.25) is 4.79 Å². The first-order valence-electron chi connectivity index (χ1n) is 4.19. The molecule has 0 heterocycles. The average molecular weight is 260 g/mol. The molecule has 1 aromatic rings. The summed E-state index contributed by atoms with van der Waals surface area (Å²) >= 11 is 9.36. The fourth-order valence-electron chi connectivity index (χ4n) is 1.67. The maximum absolute atomic E-state index is 11.5. The summed E-state index contributed by atoms with van der Waals surface area (Å²) in [5.41, 5.74) is 1.81. The molecular formula is C10H8BrClO. The first-order chi connectivity index (χ1) is 6.18. The number of carbonyl (C=O) groups is 1. The lowest BCUT2D eigenvalue weighted by Crippen LogP contribution is -2.11. The highest BCUT2D eigenvalue weighted by atomic mass is 79.9. The molecule has 13 heavy (non-hydrogen) atoms. The van der Waals surface area contributed by atoms with E-state index in [1.165, 1.54) is 0 Å². The van der Waals surface area contributed by atoms with Crippen LogP contribution >= 0.6 is 27.5 Å². The quantitative estimate of drug-likeness (QED) is 0.695. The third kappa shape index (κ3) is 1.65. The lowest BCUT2D eigenvalue weighted by molar-refractivity contribution is 0.0972. The lowest BCUT2D eigenvalue weighted by atomic mass is 9.91. The molecule has 0 spiro atoms. The van der Waals surface area contributed by atoms with Gasteiger partial charge in [-0.05, 0) is 30.5 Å². The van der Waals surface area contributed by atoms with Gasteiger partial charge in [0.1, 0.15) is 0 Å². The van der Waals surface area contributed by atoms with E-state index < -0.39 is 0 Å². The summed E-state index contributed by atoms with van der Waals surface area (Å²) in [5.74, 6) is 0.212. The standard InChI is InChI=1S/C10H8BrClO/c11-6-4-8-7(9(12)5-6)2-1-3-10(8)13/h4-5H,1-3H2. The first-order valence-corrected chi connectivity index (χ1v) is 5.36. The van der Waals surface area contributed by atoms with Gasteiger partial charge in [0, 0.05) is 21.5 Å². The molecule has 0 aromatic heterocycles. The van der Waals surface area contributed by atoms with Gasteiger partial charge in [-0.1, -0.05) is 27.5 Å². The number of hydrogen-bond donors (Lipinski definition) is 0. The molecule has 0 radical (unpaired) electrons. The number of Topliss-reactive ketones (excluding diaryl/α,β-unsaturated/α-hetero) is 1. The predicted octanol–water partition coefficient (Wildman–Crippen LogP) is 3.62. The van der Waals surface area contributed by atoms with Gasteiger partial charge in [0.15, 0.2) is 5.78 Å². The number of rotatable bonds is 0. The van der Waals surface area contributed by atoms with Crippen molar-refractivity contribution in [1.29, 1.82) is 0 Å². The van der Waals surface area contributed by atoms with Crippen molar-refractivity contribution in [2.75, 3.05) is 0 Å². The Bertz CT molecular complexity index is 373. The molecule has 0 bridgehead atoms. The maximum atomic E-state index is 11.5. The summed E-state index contributed by atoms with van der Waals surface area (Å²) < 4.78 is 0.881. The Morgan fingerprint density at radius 3 is 2.85 bits per heavy atom. The second-order valence-corrected chi connectivity index (χ2v) is 4.51. The van der Waals surface area contributed by atoms with Crippen LogP contribution < -0.4 is 0 Å². The van der Waals surface area contributed by atoms with Gasteiger partial charge in [-0.15, -0.1) is 0 Å². The Hall–Kier alpha value is -0.340. The SMILES string of the molecule is O=C1CCCc2c(Cl)cc(Br)cc21. The molecule has 1 aromatic carbocycles. The van der Waals surface area contributed by atoms with Gasteiger partial charge in [0.25, 0.3) is 0 Å². The zero-order valence-corrected chi connectivity index (χ0v) is 9.28. The van der Waals surface area contributed by atoms with Crippen LogP contribution in [-0.2, 0) is 6.42 Å². The van der Waals surface area contributed by atoms with Crippen molar-refractivity contribution in [3.8, 4) is 0 Å². The molecule has 0 aliphatic heterocycles. The summed E-state index contributed by atoms with van der Waals surface area (Å²) in [7, 11) is 0. The van der Waals surface area contributed by atoms with E-state index >= 15 is 0 Å². The Labute approximate surface area is 90.2 Å². The molecule has 1 aliphatic carbocycles. The summed E-state index contributed by atoms with van der Waals surface area (Å²) in [5, 5.41) is 0.706. The highest BCUT2D eigenvalue weighted by Gasteiger charge is 2.19. The number of ketones is 1. The van der Waals surface area contributed by atoms with Crippen molar-refractivity contribution >= 4 is 33.3 Å². The number of hydrogen-bond acceptors (Lipinski definition) is 1. The second-order valence-electron chi connectivity index (χ2n) is 3.19. The maximum Gasteiger partial charge on any atom is 0.163 e. The summed E-state index contributed by atoms with van der Waals surface area (Å²) in [4.78, 5) is 11.5. The van der Waals surface area contributed by atoms with Crippen LogP contribution in [0.1, 0.15) is 28.8 Å². The van der Waals surface area contributed by atoms with Crippen LogP contribution in [-0.4, -0.2) is 5.78 Å². The zero-order valence-electron chi connectivity index (χ0n) is 6.94. The minimum absolute atomic E-state index is 0.212. The zero-order chi connectivity index (χ0) is 9.42. The van der Waals surface area contributed by atoms with Crippen LogP contribution in [0.5, 0.6) is 0 Å². The molecule has 3 heteroatoms. The molecule has 0 saturated heterocycles. The van der Waals surface area contributed by atoms with Crippen molar-refractivity contribution in [3.63, 3.8) is 0 Å². The molecule has 1 aliphatic rings. The highest BCUT2D eigenvalue weighted by Crippen LogP contribution is 2.31. The van der Waals surface area contributed by atoms with Crippen molar-refractivity contribution in [3.05, 3.63) is 32.8 Å². The molecule has 2 rings (SSSR count). The fourth-order valence-corrected chi connectivity index (χ4v) is 2.57. The number of carbonyl (C=O) groups excluding carboxylic acids is 1. The number of benzene rings is 1. The van der Waals surface area contributed by atoms with Crippen molar-refractivity contribution in [1.82, 2.24) is 0 Å². The van der Waals surface area contributed by atoms with Crippen molar-refractivity contribution < 1.29 is 4.79 Å². The van der Waals surface area contributed by atoms with Gasteiger partial charge in [0.05, 0.1) is 0 Å². The van der Waals surface area contributed by atoms with Crippen molar-refractivity contribution in [2.45, 2.75) is 19.3 Å². The van der Waals surface area contributed by atoms with E-state index in [1.54, 1.807) is 0 Å². The molecule has 0 amide bonds. The van der Waals surface area contributed by atoms with Crippen LogP contribution in [0.3, 0.4) is 0 Å². The summed E-state index contributed by atoms with van der Waals surface area (Å²) in [6.45, 7) is 0. The van der Waals surface area contributed by atoms with Gasteiger partial charge in [0.2, 0.25) is 0 Å². The smallest absolute Gasteiger partial charge is 0.163 e. The molecular weight excluding hydrogens is 251 g/mol. The lowest BCUT2D eigenvalue weighted by Gasteiger charge is -2.16. The third-order valence-electron chi connectivity index (χ3n) is 2.29. The summed E-state index contributed by atoms with van der Waals surface area (Å²) in [6, 6.07) is 3.71. The van der Waals surface area contributed by atoms with Crippen molar-refractivity contribution in [2.24, 2.45) is 0 Å². The third-order valence-corrected chi connectivity index (χ3v) is 3.09. The van der Waals surface area contributed by atoms with E-state index in [0.29, 0.717) is 11.4 Å². The van der Waals surface area contributed by atoms with Crippen LogP contribution in [0.25, 0.3) is 0 Å². The molecule has 0 saturated carbocycles. The Balaban J connectivity index is 2.63. The predicted molar refractivity (Wildman–Crippen MR) is 56.4 cm³/mol. The Morgan fingerprint density at radius 2 is 2.08 bits per heavy atom. The molecule has 0 atom stereocenters. The summed E-state index contributed by atoms with van der Waals surface area (Å²) in [6.07, 6.45) is 2.50. The van der Waals surface area contributed by atoms with E-state index in [4.69, 9.17) is 11.6 Å². The topological polar surface area (TPSA) is 17.1 Å². The van der Waals surface area contributed by atoms with Gasteiger partial charge in [-0.25, -0.2) is 0 Å². The first kappa shape index (κ1) is 9.22. The highest BCUT2D eigenvalue weighted by molar-refractivity contribution is 9.10. The van der Waals surface area contributed by atoms with Gasteiger partial charge < -0.3 is 0 Å². The number of halogens is 2. The van der Waals surface area contributed by atoms with Gasteiger partial charge in [-0.2, -0.15) is 0 Å². The van der Waals surface area contributed by atoms with E-state index in [2.05, 4.69) is 15.9 Å². The van der Waals surface area contributed by atoms with E-state index in [-0.39, 0.29) is 5.78 Å². The monoisotopic (exact) mass is 258 g/mol. The molecule has 0 fully saturated rings. The largest absolute Gasteiger partial charge is 0.294 e. The Morgan fingerprint density at radius 1 is 1.31 bits per heavy atom. The van der Waals surface area contributed by atoms with E-state index in [1.807, 2.05) is 12.1 Å². The fraction of sp³-hybridized carbons (Fsp3) is 0.300. The minimum atomic E-state index is 0.212. The minimum Gasteiger partial charge on any atom is -0.294 e. The van der Waals surface area contributed by atoms with Crippen LogP contribution in [0.15, 0.2) is 16.6 Å². The Kier molecular flexibility index (Phi) is 2.43. The van der Waals surface area contributed by atoms with E-state index in [0.717, 1.165) is 28.4 Å². The molecule has 0 N–H and O–H groups in total. The molecule has 68 valence electrons. The van der Waals surface area contributed by atoms with Crippen LogP contribution in [0.4, 0.5) is 0 Å². The normalized spacial score (nSPS) is 15.7. The van der Waals surface area contributed by atoms with Crippen LogP contribution in [0.2, 0.25) is 5.02 Å². The number of fused-ring (bicyclic) bond motifs is 1. The second kappa shape index (κ2) is 3.43. The van der Waals surface area contributed by atoms with Crippen LogP contribution in [0, 0.1) is 0 Å². The molecule has 0 unspecified atom stereocenters. The molecule has 1 nitrogen and oxygen atoms in total. The van der Waals surface area contributed by atoms with E-state index in [9.17, 15) is 4.79 Å². The average Bonchev–Trinajstić information content (AvgIpc) is 2.07. The van der Waals surface area contributed by atoms with Gasteiger partial charge >= 0.3 is 0 Å².